The van der Waals surface area contributed by atoms with Gasteiger partial charge in [0.25, 0.3) is 0 Å². The minimum absolute atomic E-state index is 0.580. The highest BCUT2D eigenvalue weighted by Crippen LogP contribution is 2.45. The predicted octanol–water partition coefficient (Wildman–Crippen LogP) is 15.8. The highest BCUT2D eigenvalue weighted by atomic mass is 32.1. The molecule has 0 saturated heterocycles. The van der Waals surface area contributed by atoms with Crippen molar-refractivity contribution in [2.75, 3.05) is 0 Å². The molecule has 0 amide bonds. The summed E-state index contributed by atoms with van der Waals surface area (Å²) in [5, 5.41) is 4.50. The van der Waals surface area contributed by atoms with Crippen LogP contribution in [0.3, 0.4) is 0 Å². The van der Waals surface area contributed by atoms with E-state index in [1.807, 2.05) is 35.6 Å². The molecule has 0 N–H and O–H groups in total. The number of rotatable bonds is 7. The Morgan fingerprint density at radius 3 is 1.50 bits per heavy atom. The standard InChI is InChI=1S/C57H35N3OS/c1-4-15-36(16-5-1)39-21-12-23-42(31-39)55-58-56(43-24-13-22-40(32-43)37-17-6-2-7-18-37)60-57(59-55)46-26-14-27-50-53(46)48-33-41(29-30-49(48)61-50)47-34-44(38-19-8-3-9-20-38)35-52-54(47)45-25-10-11-28-51(45)62-52/h1-35H. The van der Waals surface area contributed by atoms with Crippen LogP contribution in [0.2, 0.25) is 0 Å². The summed E-state index contributed by atoms with van der Waals surface area (Å²) in [6.07, 6.45) is 0. The minimum atomic E-state index is 0.580. The van der Waals surface area contributed by atoms with Gasteiger partial charge in [0.05, 0.1) is 0 Å². The average Bonchev–Trinajstić information content (AvgIpc) is 3.93. The number of thiophene rings is 1. The number of aromatic nitrogens is 3. The van der Waals surface area contributed by atoms with Gasteiger partial charge in [-0.05, 0) is 93.0 Å². The van der Waals surface area contributed by atoms with E-state index in [0.29, 0.717) is 17.5 Å². The molecule has 3 heterocycles. The molecule has 290 valence electrons. The molecule has 62 heavy (non-hydrogen) atoms. The van der Waals surface area contributed by atoms with Crippen LogP contribution in [-0.4, -0.2) is 15.0 Å². The molecule has 0 aliphatic heterocycles. The molecule has 0 spiro atoms. The molecule has 4 nitrogen and oxygen atoms in total. The van der Waals surface area contributed by atoms with Crippen LogP contribution in [0.1, 0.15) is 0 Å². The van der Waals surface area contributed by atoms with E-state index in [9.17, 15) is 0 Å². The van der Waals surface area contributed by atoms with Crippen LogP contribution < -0.4 is 0 Å². The van der Waals surface area contributed by atoms with Crippen LogP contribution in [0.5, 0.6) is 0 Å². The van der Waals surface area contributed by atoms with Crippen molar-refractivity contribution in [3.63, 3.8) is 0 Å². The van der Waals surface area contributed by atoms with Crippen LogP contribution in [0, 0.1) is 0 Å². The maximum absolute atomic E-state index is 6.63. The van der Waals surface area contributed by atoms with Crippen molar-refractivity contribution in [3.05, 3.63) is 212 Å². The molecule has 0 unspecified atom stereocenters. The van der Waals surface area contributed by atoms with Crippen LogP contribution >= 0.6 is 11.3 Å². The fourth-order valence-corrected chi connectivity index (χ4v) is 9.92. The smallest absolute Gasteiger partial charge is 0.164 e. The summed E-state index contributed by atoms with van der Waals surface area (Å²) in [5.74, 6) is 1.78. The molecule has 0 fully saturated rings. The Morgan fingerprint density at radius 2 is 0.839 bits per heavy atom. The van der Waals surface area contributed by atoms with Crippen molar-refractivity contribution in [2.45, 2.75) is 0 Å². The molecule has 0 saturated carbocycles. The van der Waals surface area contributed by atoms with Gasteiger partial charge >= 0.3 is 0 Å². The molecule has 0 atom stereocenters. The Balaban J connectivity index is 1.07. The third kappa shape index (κ3) is 6.35. The molecular weight excluding hydrogens is 775 g/mol. The summed E-state index contributed by atoms with van der Waals surface area (Å²) in [6.45, 7) is 0. The molecule has 12 rings (SSSR count). The van der Waals surface area contributed by atoms with Gasteiger partial charge in [-0.2, -0.15) is 0 Å². The zero-order valence-corrected chi connectivity index (χ0v) is 34.2. The molecular formula is C57H35N3OS. The van der Waals surface area contributed by atoms with Crippen LogP contribution in [0.15, 0.2) is 217 Å². The molecule has 0 aliphatic rings. The fraction of sp³-hybridized carbons (Fsp3) is 0. The summed E-state index contributed by atoms with van der Waals surface area (Å²) in [4.78, 5) is 15.8. The molecule has 3 aromatic heterocycles. The number of hydrogen-bond donors (Lipinski definition) is 0. The van der Waals surface area contributed by atoms with Crippen molar-refractivity contribution < 1.29 is 4.42 Å². The monoisotopic (exact) mass is 809 g/mol. The maximum atomic E-state index is 6.63. The SMILES string of the molecule is c1ccc(-c2cccc(-c3nc(-c4cccc(-c5ccccc5)c4)nc(-c4cccc5oc6ccc(-c7cc(-c8ccccc8)cc8sc9ccccc9c78)cc6c45)n3)c2)cc1. The van der Waals surface area contributed by atoms with E-state index < -0.39 is 0 Å². The lowest BCUT2D eigenvalue weighted by molar-refractivity contribution is 0.669. The van der Waals surface area contributed by atoms with Crippen molar-refractivity contribution in [1.82, 2.24) is 15.0 Å². The number of hydrogen-bond acceptors (Lipinski definition) is 5. The zero-order chi connectivity index (χ0) is 41.0. The van der Waals surface area contributed by atoms with E-state index in [1.54, 1.807) is 0 Å². The van der Waals surface area contributed by atoms with Gasteiger partial charge in [0.1, 0.15) is 11.2 Å². The second-order valence-electron chi connectivity index (χ2n) is 15.6. The van der Waals surface area contributed by atoms with Gasteiger partial charge in [-0.3, -0.25) is 0 Å². The van der Waals surface area contributed by atoms with Gasteiger partial charge in [0.15, 0.2) is 17.5 Å². The second-order valence-corrected chi connectivity index (χ2v) is 16.6. The van der Waals surface area contributed by atoms with Gasteiger partial charge < -0.3 is 4.42 Å². The van der Waals surface area contributed by atoms with Gasteiger partial charge in [0.2, 0.25) is 0 Å². The van der Waals surface area contributed by atoms with Crippen molar-refractivity contribution in [2.24, 2.45) is 0 Å². The quantitative estimate of drug-likeness (QED) is 0.161. The van der Waals surface area contributed by atoms with Crippen molar-refractivity contribution >= 4 is 53.4 Å². The molecule has 0 radical (unpaired) electrons. The highest BCUT2D eigenvalue weighted by molar-refractivity contribution is 7.26. The van der Waals surface area contributed by atoms with Gasteiger partial charge in [-0.25, -0.2) is 15.0 Å². The third-order valence-electron chi connectivity index (χ3n) is 11.7. The summed E-state index contributed by atoms with van der Waals surface area (Å²) < 4.78 is 9.17. The Kier molecular flexibility index (Phi) is 8.65. The van der Waals surface area contributed by atoms with Crippen molar-refractivity contribution in [3.8, 4) is 78.7 Å². The Hall–Kier alpha value is -7.99. The lowest BCUT2D eigenvalue weighted by atomic mass is 9.93. The van der Waals surface area contributed by atoms with E-state index >= 15 is 0 Å². The van der Waals surface area contributed by atoms with Crippen molar-refractivity contribution in [1.29, 1.82) is 0 Å². The zero-order valence-electron chi connectivity index (χ0n) is 33.4. The Labute approximate surface area is 362 Å². The molecule has 0 bridgehead atoms. The first-order chi connectivity index (χ1) is 30.7. The normalized spacial score (nSPS) is 11.5. The van der Waals surface area contributed by atoms with E-state index in [2.05, 4.69) is 188 Å². The second kappa shape index (κ2) is 14.9. The van der Waals surface area contributed by atoms with E-state index in [0.717, 1.165) is 66.4 Å². The van der Waals surface area contributed by atoms with Gasteiger partial charge in [0, 0.05) is 47.6 Å². The number of fused-ring (bicyclic) bond motifs is 6. The first kappa shape index (κ1) is 35.9. The van der Waals surface area contributed by atoms with Gasteiger partial charge in [-0.1, -0.05) is 164 Å². The largest absolute Gasteiger partial charge is 0.456 e. The van der Waals surface area contributed by atoms with Crippen LogP contribution in [0.4, 0.5) is 0 Å². The lowest BCUT2D eigenvalue weighted by Gasteiger charge is -2.11. The van der Waals surface area contributed by atoms with E-state index in [4.69, 9.17) is 19.4 Å². The van der Waals surface area contributed by atoms with Crippen LogP contribution in [-0.2, 0) is 0 Å². The topological polar surface area (TPSA) is 51.8 Å². The fourth-order valence-electron chi connectivity index (χ4n) is 8.75. The summed E-state index contributed by atoms with van der Waals surface area (Å²) in [6, 6.07) is 74.5. The first-order valence-electron chi connectivity index (χ1n) is 20.7. The minimum Gasteiger partial charge on any atom is -0.456 e. The summed E-state index contributed by atoms with van der Waals surface area (Å²) in [7, 11) is 0. The number of benzene rings is 9. The molecule has 0 aliphatic carbocycles. The van der Waals surface area contributed by atoms with E-state index in [-0.39, 0.29) is 0 Å². The van der Waals surface area contributed by atoms with E-state index in [1.165, 1.54) is 36.9 Å². The molecule has 5 heteroatoms. The molecule has 9 aromatic carbocycles. The number of nitrogens with zero attached hydrogens (tertiary/aromatic N) is 3. The predicted molar refractivity (Wildman–Crippen MR) is 258 cm³/mol. The molecule has 12 aromatic rings. The first-order valence-corrected chi connectivity index (χ1v) is 21.6. The number of furan rings is 1. The maximum Gasteiger partial charge on any atom is 0.164 e. The summed E-state index contributed by atoms with van der Waals surface area (Å²) in [5.41, 5.74) is 13.4. The lowest BCUT2D eigenvalue weighted by Crippen LogP contribution is -2.00. The van der Waals surface area contributed by atoms with Crippen LogP contribution in [0.25, 0.3) is 121 Å². The highest BCUT2D eigenvalue weighted by Gasteiger charge is 2.20. The summed E-state index contributed by atoms with van der Waals surface area (Å²) >= 11 is 1.84. The van der Waals surface area contributed by atoms with Gasteiger partial charge in [-0.15, -0.1) is 11.3 Å². The average molecular weight is 810 g/mol. The Morgan fingerprint density at radius 1 is 0.290 bits per heavy atom. The Bertz CT molecular complexity index is 3530. The third-order valence-corrected chi connectivity index (χ3v) is 12.8.